The lowest BCUT2D eigenvalue weighted by Crippen LogP contribution is -2.03. The summed E-state index contributed by atoms with van der Waals surface area (Å²) in [5.41, 5.74) is 15.8. The van der Waals surface area contributed by atoms with Crippen LogP contribution in [-0.2, 0) is 6.42 Å². The van der Waals surface area contributed by atoms with Crippen molar-refractivity contribution in [2.24, 2.45) is 5.92 Å². The van der Waals surface area contributed by atoms with Gasteiger partial charge in [-0.05, 0) is 48.9 Å². The van der Waals surface area contributed by atoms with Gasteiger partial charge in [0.15, 0.2) is 0 Å². The van der Waals surface area contributed by atoms with E-state index in [0.717, 1.165) is 35.3 Å². The van der Waals surface area contributed by atoms with E-state index in [-0.39, 0.29) is 0 Å². The van der Waals surface area contributed by atoms with Gasteiger partial charge in [-0.1, -0.05) is 13.8 Å². The van der Waals surface area contributed by atoms with Crippen molar-refractivity contribution in [3.8, 4) is 0 Å². The van der Waals surface area contributed by atoms with Crippen molar-refractivity contribution in [1.29, 1.82) is 0 Å². The molecule has 14 heavy (non-hydrogen) atoms. The van der Waals surface area contributed by atoms with Crippen molar-refractivity contribution in [1.82, 2.24) is 0 Å². The lowest BCUT2D eigenvalue weighted by Gasteiger charge is -2.11. The molecule has 0 fully saturated rings. The molecule has 0 amide bonds. The second-order valence-corrected chi connectivity index (χ2v) is 4.35. The number of nitrogen functional groups attached to an aromatic ring is 2. The molecule has 0 bridgehead atoms. The van der Waals surface area contributed by atoms with Gasteiger partial charge in [0.1, 0.15) is 0 Å². The minimum atomic E-state index is 0.690. The highest BCUT2D eigenvalue weighted by atomic mass is 14.6. The van der Waals surface area contributed by atoms with Gasteiger partial charge in [0, 0.05) is 11.4 Å². The van der Waals surface area contributed by atoms with Gasteiger partial charge < -0.3 is 11.5 Å². The molecule has 1 aromatic carbocycles. The van der Waals surface area contributed by atoms with E-state index < -0.39 is 0 Å². The standard InChI is InChI=1S/C12H20N2/c1-8(2)4-5-10-11(13)6-9(3)7-12(10)14/h6-8H,4-5,13-14H2,1-3H3. The van der Waals surface area contributed by atoms with E-state index in [1.165, 1.54) is 0 Å². The Morgan fingerprint density at radius 3 is 2.07 bits per heavy atom. The third-order valence-corrected chi connectivity index (χ3v) is 2.43. The molecule has 1 aromatic rings. The van der Waals surface area contributed by atoms with Crippen molar-refractivity contribution in [2.45, 2.75) is 33.6 Å². The van der Waals surface area contributed by atoms with Gasteiger partial charge in [0.25, 0.3) is 0 Å². The van der Waals surface area contributed by atoms with E-state index in [2.05, 4.69) is 13.8 Å². The summed E-state index contributed by atoms with van der Waals surface area (Å²) in [6.07, 6.45) is 2.12. The maximum atomic E-state index is 5.93. The molecule has 4 N–H and O–H groups in total. The summed E-state index contributed by atoms with van der Waals surface area (Å²) >= 11 is 0. The van der Waals surface area contributed by atoms with Gasteiger partial charge in [-0.3, -0.25) is 0 Å². The second kappa shape index (κ2) is 4.36. The summed E-state index contributed by atoms with van der Waals surface area (Å²) < 4.78 is 0. The first-order valence-electron chi connectivity index (χ1n) is 5.15. The average molecular weight is 192 g/mol. The predicted octanol–water partition coefficient (Wildman–Crippen LogP) is 2.75. The molecular weight excluding hydrogens is 172 g/mol. The first-order valence-corrected chi connectivity index (χ1v) is 5.15. The van der Waals surface area contributed by atoms with Gasteiger partial charge in [0.2, 0.25) is 0 Å². The fourth-order valence-electron chi connectivity index (χ4n) is 1.59. The molecule has 0 aliphatic rings. The third-order valence-electron chi connectivity index (χ3n) is 2.43. The summed E-state index contributed by atoms with van der Waals surface area (Å²) in [6, 6.07) is 3.98. The maximum absolute atomic E-state index is 5.93. The molecule has 0 saturated heterocycles. The summed E-state index contributed by atoms with van der Waals surface area (Å²) in [4.78, 5) is 0. The number of rotatable bonds is 3. The molecule has 0 radical (unpaired) electrons. The minimum absolute atomic E-state index is 0.690. The molecule has 1 rings (SSSR count). The number of aryl methyl sites for hydroxylation is 1. The molecule has 78 valence electrons. The normalized spacial score (nSPS) is 10.9. The zero-order valence-electron chi connectivity index (χ0n) is 9.30. The summed E-state index contributed by atoms with van der Waals surface area (Å²) in [7, 11) is 0. The predicted molar refractivity (Wildman–Crippen MR) is 63.2 cm³/mol. The summed E-state index contributed by atoms with van der Waals surface area (Å²) in [6.45, 7) is 6.43. The fraction of sp³-hybridized carbons (Fsp3) is 0.500. The van der Waals surface area contributed by atoms with E-state index in [9.17, 15) is 0 Å². The maximum Gasteiger partial charge on any atom is 0.0369 e. The fourth-order valence-corrected chi connectivity index (χ4v) is 1.59. The van der Waals surface area contributed by atoms with Crippen LogP contribution in [0.5, 0.6) is 0 Å². The number of benzene rings is 1. The highest BCUT2D eigenvalue weighted by Gasteiger charge is 2.05. The van der Waals surface area contributed by atoms with Gasteiger partial charge in [0.05, 0.1) is 0 Å². The Morgan fingerprint density at radius 1 is 1.14 bits per heavy atom. The number of anilines is 2. The van der Waals surface area contributed by atoms with Crippen LogP contribution in [0.25, 0.3) is 0 Å². The van der Waals surface area contributed by atoms with E-state index in [0.29, 0.717) is 5.92 Å². The Balaban J connectivity index is 2.86. The molecule has 0 atom stereocenters. The van der Waals surface area contributed by atoms with Crippen molar-refractivity contribution in [2.75, 3.05) is 11.5 Å². The van der Waals surface area contributed by atoms with E-state index >= 15 is 0 Å². The Labute approximate surface area is 86.3 Å². The van der Waals surface area contributed by atoms with Crippen LogP contribution in [-0.4, -0.2) is 0 Å². The van der Waals surface area contributed by atoms with E-state index in [4.69, 9.17) is 11.5 Å². The number of hydrogen-bond donors (Lipinski definition) is 2. The first kappa shape index (κ1) is 10.9. The van der Waals surface area contributed by atoms with Gasteiger partial charge in [-0.15, -0.1) is 0 Å². The smallest absolute Gasteiger partial charge is 0.0369 e. The zero-order valence-corrected chi connectivity index (χ0v) is 9.30. The summed E-state index contributed by atoms with van der Waals surface area (Å²) in [5, 5.41) is 0. The van der Waals surface area contributed by atoms with E-state index in [1.807, 2.05) is 19.1 Å². The Morgan fingerprint density at radius 2 is 1.64 bits per heavy atom. The van der Waals surface area contributed by atoms with E-state index in [1.54, 1.807) is 0 Å². The van der Waals surface area contributed by atoms with Crippen LogP contribution in [0.2, 0.25) is 0 Å². The van der Waals surface area contributed by atoms with Crippen molar-refractivity contribution >= 4 is 11.4 Å². The lowest BCUT2D eigenvalue weighted by molar-refractivity contribution is 0.588. The molecular formula is C12H20N2. The molecule has 2 nitrogen and oxygen atoms in total. The van der Waals surface area contributed by atoms with Crippen LogP contribution in [0.1, 0.15) is 31.4 Å². The third kappa shape index (κ3) is 2.66. The molecule has 0 aliphatic heterocycles. The quantitative estimate of drug-likeness (QED) is 0.723. The van der Waals surface area contributed by atoms with Crippen LogP contribution < -0.4 is 11.5 Å². The molecule has 0 aliphatic carbocycles. The van der Waals surface area contributed by atoms with Crippen LogP contribution in [0.3, 0.4) is 0 Å². The second-order valence-electron chi connectivity index (χ2n) is 4.35. The molecule has 0 spiro atoms. The topological polar surface area (TPSA) is 52.0 Å². The van der Waals surface area contributed by atoms with Crippen molar-refractivity contribution in [3.63, 3.8) is 0 Å². The van der Waals surface area contributed by atoms with Gasteiger partial charge in [-0.2, -0.15) is 0 Å². The highest BCUT2D eigenvalue weighted by Crippen LogP contribution is 2.24. The molecule has 0 heterocycles. The van der Waals surface area contributed by atoms with Crippen LogP contribution in [0.15, 0.2) is 12.1 Å². The molecule has 0 unspecified atom stereocenters. The minimum Gasteiger partial charge on any atom is -0.398 e. The monoisotopic (exact) mass is 192 g/mol. The van der Waals surface area contributed by atoms with Crippen LogP contribution in [0.4, 0.5) is 11.4 Å². The van der Waals surface area contributed by atoms with Crippen molar-refractivity contribution in [3.05, 3.63) is 23.3 Å². The Kier molecular flexibility index (Phi) is 3.39. The zero-order chi connectivity index (χ0) is 10.7. The van der Waals surface area contributed by atoms with Crippen LogP contribution >= 0.6 is 0 Å². The SMILES string of the molecule is Cc1cc(N)c(CCC(C)C)c(N)c1. The first-order chi connectivity index (χ1) is 6.50. The molecule has 0 saturated carbocycles. The summed E-state index contributed by atoms with van der Waals surface area (Å²) in [5.74, 6) is 0.690. The number of nitrogens with two attached hydrogens (primary N) is 2. The molecule has 0 aromatic heterocycles. The molecule has 2 heteroatoms. The Hall–Kier alpha value is -1.18. The van der Waals surface area contributed by atoms with Crippen LogP contribution in [0, 0.1) is 12.8 Å². The highest BCUT2D eigenvalue weighted by molar-refractivity contribution is 5.63. The van der Waals surface area contributed by atoms with Gasteiger partial charge in [-0.25, -0.2) is 0 Å². The Bertz CT molecular complexity index is 293. The van der Waals surface area contributed by atoms with Gasteiger partial charge >= 0.3 is 0 Å². The largest absolute Gasteiger partial charge is 0.398 e. The average Bonchev–Trinajstić information content (AvgIpc) is 2.01. The lowest BCUT2D eigenvalue weighted by atomic mass is 9.99. The van der Waals surface area contributed by atoms with Crippen molar-refractivity contribution < 1.29 is 0 Å². The number of hydrogen-bond acceptors (Lipinski definition) is 2.